The van der Waals surface area contributed by atoms with E-state index in [9.17, 15) is 20.1 Å². The molecule has 0 aromatic heterocycles. The number of primary amides is 1. The van der Waals surface area contributed by atoms with Crippen molar-refractivity contribution in [3.8, 4) is 11.5 Å². The average Bonchev–Trinajstić information content (AvgIpc) is 2.60. The Morgan fingerprint density at radius 3 is 2.52 bits per heavy atom. The number of rotatable bonds is 8. The maximum absolute atomic E-state index is 11.3. The molecule has 0 saturated heterocycles. The lowest BCUT2D eigenvalue weighted by molar-refractivity contribution is 0.0996. The molecule has 2 aromatic rings. The van der Waals surface area contributed by atoms with E-state index < -0.39 is 23.5 Å². The van der Waals surface area contributed by atoms with Crippen molar-refractivity contribution in [2.24, 2.45) is 5.73 Å². The number of nitrogens with two attached hydrogens (primary N) is 1. The molecule has 6 nitrogen and oxygen atoms in total. The Kier molecular flexibility index (Phi) is 6.38. The van der Waals surface area contributed by atoms with E-state index in [-0.39, 0.29) is 18.2 Å². The number of amides is 1. The summed E-state index contributed by atoms with van der Waals surface area (Å²) in [6, 6.07) is 12.8. The normalized spacial score (nSPS) is 13.4. The zero-order valence-corrected chi connectivity index (χ0v) is 14.1. The molecule has 0 saturated carbocycles. The van der Waals surface area contributed by atoms with E-state index >= 15 is 0 Å². The second-order valence-corrected chi connectivity index (χ2v) is 6.15. The third-order valence-electron chi connectivity index (χ3n) is 4.13. The van der Waals surface area contributed by atoms with Crippen molar-refractivity contribution in [3.05, 3.63) is 59.2 Å². The van der Waals surface area contributed by atoms with Gasteiger partial charge >= 0.3 is 0 Å². The number of aryl methyl sites for hydroxylation is 1. The minimum absolute atomic E-state index is 0.177. The number of aliphatic hydroxyl groups is 1. The van der Waals surface area contributed by atoms with Crippen LogP contribution in [0.4, 0.5) is 0 Å². The van der Waals surface area contributed by atoms with Crippen molar-refractivity contribution in [2.45, 2.75) is 31.9 Å². The van der Waals surface area contributed by atoms with Crippen molar-refractivity contribution in [1.29, 1.82) is 0 Å². The minimum Gasteiger partial charge on any atom is -0.504 e. The summed E-state index contributed by atoms with van der Waals surface area (Å²) in [5.41, 5.74) is 6.51. The van der Waals surface area contributed by atoms with Gasteiger partial charge in [-0.3, -0.25) is 4.79 Å². The van der Waals surface area contributed by atoms with Crippen LogP contribution in [-0.2, 0) is 6.42 Å². The fourth-order valence-corrected chi connectivity index (χ4v) is 2.58. The Labute approximate surface area is 146 Å². The molecule has 25 heavy (non-hydrogen) atoms. The summed E-state index contributed by atoms with van der Waals surface area (Å²) in [7, 11) is 0. The number of benzene rings is 2. The van der Waals surface area contributed by atoms with Crippen molar-refractivity contribution < 1.29 is 20.1 Å². The van der Waals surface area contributed by atoms with E-state index in [1.807, 2.05) is 25.1 Å². The Balaban J connectivity index is 1.91. The van der Waals surface area contributed by atoms with Crippen molar-refractivity contribution >= 4 is 5.91 Å². The maximum Gasteiger partial charge on any atom is 0.252 e. The Hall–Kier alpha value is -2.57. The first-order valence-corrected chi connectivity index (χ1v) is 8.19. The van der Waals surface area contributed by atoms with Crippen molar-refractivity contribution in [3.63, 3.8) is 0 Å². The lowest BCUT2D eigenvalue weighted by atomic mass is 10.0. The van der Waals surface area contributed by atoms with E-state index in [0.29, 0.717) is 5.56 Å². The third kappa shape index (κ3) is 5.20. The number of phenolic OH excluding ortho intramolecular Hbond substituents is 1. The highest BCUT2D eigenvalue weighted by molar-refractivity contribution is 5.96. The Bertz CT molecular complexity index is 719. The maximum atomic E-state index is 11.3. The molecule has 0 aliphatic heterocycles. The molecular weight excluding hydrogens is 320 g/mol. The molecule has 0 fully saturated rings. The number of carbonyl (C=O) groups is 1. The summed E-state index contributed by atoms with van der Waals surface area (Å²) in [4.78, 5) is 11.3. The quantitative estimate of drug-likeness (QED) is 0.469. The van der Waals surface area contributed by atoms with Crippen LogP contribution < -0.4 is 11.1 Å². The van der Waals surface area contributed by atoms with Gasteiger partial charge in [-0.1, -0.05) is 30.3 Å². The highest BCUT2D eigenvalue weighted by Crippen LogP contribution is 2.32. The summed E-state index contributed by atoms with van der Waals surface area (Å²) >= 11 is 0. The average molecular weight is 344 g/mol. The number of nitrogens with one attached hydrogen (secondary N) is 1. The van der Waals surface area contributed by atoms with Gasteiger partial charge in [-0.25, -0.2) is 0 Å². The largest absolute Gasteiger partial charge is 0.504 e. The molecule has 0 bridgehead atoms. The fourth-order valence-electron chi connectivity index (χ4n) is 2.58. The first kappa shape index (κ1) is 18.8. The predicted octanol–water partition coefficient (Wildman–Crippen LogP) is 1.84. The second-order valence-electron chi connectivity index (χ2n) is 6.15. The highest BCUT2D eigenvalue weighted by atomic mass is 16.3. The number of carbonyl (C=O) groups excluding carboxylic acids is 1. The van der Waals surface area contributed by atoms with Gasteiger partial charge in [0.25, 0.3) is 5.91 Å². The van der Waals surface area contributed by atoms with Crippen LogP contribution in [0.1, 0.15) is 40.9 Å². The molecule has 0 heterocycles. The summed E-state index contributed by atoms with van der Waals surface area (Å²) in [5.74, 6) is -1.93. The van der Waals surface area contributed by atoms with Crippen LogP contribution in [-0.4, -0.2) is 33.8 Å². The van der Waals surface area contributed by atoms with Gasteiger partial charge in [0.05, 0.1) is 11.7 Å². The van der Waals surface area contributed by atoms with E-state index in [2.05, 4.69) is 17.4 Å². The van der Waals surface area contributed by atoms with Crippen LogP contribution in [0.2, 0.25) is 0 Å². The number of hydrogen-bond acceptors (Lipinski definition) is 5. The number of hydrogen-bond donors (Lipinski definition) is 5. The standard InChI is InChI=1S/C19H24N2O4/c1-12(7-8-13-5-3-2-4-6-13)21-11-17(23)14-9-15(19(20)25)18(24)16(22)10-14/h2-6,9-10,12,17,21-24H,7-8,11H2,1H3,(H2,20,25). The van der Waals surface area contributed by atoms with Crippen LogP contribution in [0.3, 0.4) is 0 Å². The fraction of sp³-hybridized carbons (Fsp3) is 0.316. The smallest absolute Gasteiger partial charge is 0.252 e. The van der Waals surface area contributed by atoms with Gasteiger partial charge in [-0.2, -0.15) is 0 Å². The molecule has 1 amide bonds. The molecular formula is C19H24N2O4. The van der Waals surface area contributed by atoms with Gasteiger partial charge in [0.1, 0.15) is 0 Å². The second kappa shape index (κ2) is 8.50. The van der Waals surface area contributed by atoms with Crippen molar-refractivity contribution in [1.82, 2.24) is 5.32 Å². The number of aliphatic hydroxyl groups excluding tert-OH is 1. The minimum atomic E-state index is -0.941. The molecule has 2 rings (SSSR count). The summed E-state index contributed by atoms with van der Waals surface area (Å²) in [5, 5.41) is 32.8. The zero-order valence-electron chi connectivity index (χ0n) is 14.1. The summed E-state index contributed by atoms with van der Waals surface area (Å²) in [6.45, 7) is 2.27. The van der Waals surface area contributed by atoms with Gasteiger partial charge in [-0.05, 0) is 43.0 Å². The van der Waals surface area contributed by atoms with E-state index in [0.717, 1.165) is 12.8 Å². The Morgan fingerprint density at radius 1 is 1.20 bits per heavy atom. The van der Waals surface area contributed by atoms with Crippen molar-refractivity contribution in [2.75, 3.05) is 6.54 Å². The molecule has 2 aromatic carbocycles. The van der Waals surface area contributed by atoms with E-state index in [1.54, 1.807) is 0 Å². The van der Waals surface area contributed by atoms with Gasteiger partial charge < -0.3 is 26.4 Å². The monoisotopic (exact) mass is 344 g/mol. The molecule has 0 aliphatic rings. The molecule has 0 radical (unpaired) electrons. The lowest BCUT2D eigenvalue weighted by Gasteiger charge is -2.18. The molecule has 2 unspecified atom stereocenters. The topological polar surface area (TPSA) is 116 Å². The number of phenols is 2. The predicted molar refractivity (Wildman–Crippen MR) is 95.5 cm³/mol. The highest BCUT2D eigenvalue weighted by Gasteiger charge is 2.18. The first-order chi connectivity index (χ1) is 11.9. The molecule has 6 N–H and O–H groups in total. The Morgan fingerprint density at radius 2 is 1.88 bits per heavy atom. The van der Waals surface area contributed by atoms with E-state index in [4.69, 9.17) is 5.73 Å². The summed E-state index contributed by atoms with van der Waals surface area (Å²) < 4.78 is 0. The van der Waals surface area contributed by atoms with Gasteiger partial charge in [0.2, 0.25) is 0 Å². The van der Waals surface area contributed by atoms with Crippen LogP contribution in [0, 0.1) is 0 Å². The SMILES string of the molecule is CC(CCc1ccccc1)NCC(O)c1cc(O)c(O)c(C(N)=O)c1. The molecule has 0 spiro atoms. The summed E-state index contributed by atoms with van der Waals surface area (Å²) in [6.07, 6.45) is 0.893. The third-order valence-corrected chi connectivity index (χ3v) is 4.13. The molecule has 6 heteroatoms. The van der Waals surface area contributed by atoms with E-state index in [1.165, 1.54) is 17.7 Å². The molecule has 2 atom stereocenters. The zero-order chi connectivity index (χ0) is 18.4. The van der Waals surface area contributed by atoms with Gasteiger partial charge in [0.15, 0.2) is 11.5 Å². The number of aromatic hydroxyl groups is 2. The molecule has 0 aliphatic carbocycles. The van der Waals surface area contributed by atoms with Crippen LogP contribution in [0.5, 0.6) is 11.5 Å². The molecule has 134 valence electrons. The van der Waals surface area contributed by atoms with Crippen LogP contribution >= 0.6 is 0 Å². The lowest BCUT2D eigenvalue weighted by Crippen LogP contribution is -2.31. The van der Waals surface area contributed by atoms with Gasteiger partial charge in [0, 0.05) is 12.6 Å². The van der Waals surface area contributed by atoms with Crippen LogP contribution in [0.15, 0.2) is 42.5 Å². The van der Waals surface area contributed by atoms with Crippen LogP contribution in [0.25, 0.3) is 0 Å². The van der Waals surface area contributed by atoms with Gasteiger partial charge in [-0.15, -0.1) is 0 Å². The first-order valence-electron chi connectivity index (χ1n) is 8.19.